The fourth-order valence-electron chi connectivity index (χ4n) is 2.03. The van der Waals surface area contributed by atoms with E-state index in [-0.39, 0.29) is 11.8 Å². The molecule has 3 nitrogen and oxygen atoms in total. The van der Waals surface area contributed by atoms with Crippen LogP contribution >= 0.6 is 11.8 Å². The molecule has 86 valence electrons. The molecule has 2 N–H and O–H groups in total. The minimum absolute atomic E-state index is 0.181. The molecule has 2 unspecified atom stereocenters. The van der Waals surface area contributed by atoms with Gasteiger partial charge in [-0.15, -0.1) is 0 Å². The van der Waals surface area contributed by atoms with Gasteiger partial charge in [0.25, 0.3) is 0 Å². The number of rotatable bonds is 4. The van der Waals surface area contributed by atoms with Crippen molar-refractivity contribution >= 4 is 17.7 Å². The molecule has 1 amide bonds. The molecule has 0 aliphatic carbocycles. The van der Waals surface area contributed by atoms with Gasteiger partial charge in [-0.1, -0.05) is 6.92 Å². The van der Waals surface area contributed by atoms with Gasteiger partial charge in [0.2, 0.25) is 5.91 Å². The number of carbonyl (C=O) groups is 1. The van der Waals surface area contributed by atoms with E-state index in [2.05, 4.69) is 10.6 Å². The Hall–Kier alpha value is -0.220. The second kappa shape index (κ2) is 5.21. The molecule has 0 aromatic heterocycles. The topological polar surface area (TPSA) is 41.1 Å². The van der Waals surface area contributed by atoms with Gasteiger partial charge in [0.15, 0.2) is 0 Å². The quantitative estimate of drug-likeness (QED) is 0.744. The third kappa shape index (κ3) is 2.88. The first kappa shape index (κ1) is 11.3. The predicted molar refractivity (Wildman–Crippen MR) is 64.0 cm³/mol. The van der Waals surface area contributed by atoms with Crippen molar-refractivity contribution in [3.05, 3.63) is 0 Å². The molecule has 2 saturated heterocycles. The van der Waals surface area contributed by atoms with Gasteiger partial charge in [-0.05, 0) is 42.9 Å². The summed E-state index contributed by atoms with van der Waals surface area (Å²) >= 11 is 2.00. The van der Waals surface area contributed by atoms with E-state index in [0.717, 1.165) is 19.6 Å². The van der Waals surface area contributed by atoms with Crippen LogP contribution in [0.2, 0.25) is 0 Å². The summed E-state index contributed by atoms with van der Waals surface area (Å²) in [4.78, 5) is 11.8. The first-order valence-electron chi connectivity index (χ1n) is 5.83. The van der Waals surface area contributed by atoms with Crippen molar-refractivity contribution in [3.63, 3.8) is 0 Å². The van der Waals surface area contributed by atoms with E-state index in [4.69, 9.17) is 0 Å². The highest BCUT2D eigenvalue weighted by Gasteiger charge is 2.29. The van der Waals surface area contributed by atoms with Crippen molar-refractivity contribution in [2.45, 2.75) is 13.3 Å². The number of thioether (sulfide) groups is 1. The number of hydrogen-bond donors (Lipinski definition) is 2. The molecule has 0 spiro atoms. The maximum atomic E-state index is 11.8. The minimum atomic E-state index is 0.181. The van der Waals surface area contributed by atoms with Crippen molar-refractivity contribution in [1.82, 2.24) is 10.6 Å². The predicted octanol–water partition coefficient (Wildman–Crippen LogP) is 0.711. The van der Waals surface area contributed by atoms with Crippen LogP contribution < -0.4 is 10.6 Å². The van der Waals surface area contributed by atoms with Crippen LogP contribution in [0.4, 0.5) is 0 Å². The van der Waals surface area contributed by atoms with E-state index >= 15 is 0 Å². The zero-order chi connectivity index (χ0) is 10.7. The maximum Gasteiger partial charge on any atom is 0.223 e. The smallest absolute Gasteiger partial charge is 0.223 e. The molecule has 2 atom stereocenters. The Bertz CT molecular complexity index is 225. The second-order valence-corrected chi connectivity index (χ2v) is 5.83. The summed E-state index contributed by atoms with van der Waals surface area (Å²) in [6, 6.07) is 0. The SMILES string of the molecule is CC(C(=O)NCC1CCSC1)C1CNC1. The van der Waals surface area contributed by atoms with Crippen LogP contribution in [-0.4, -0.2) is 37.0 Å². The van der Waals surface area contributed by atoms with E-state index in [0.29, 0.717) is 11.8 Å². The van der Waals surface area contributed by atoms with Crippen LogP contribution in [0.3, 0.4) is 0 Å². The lowest BCUT2D eigenvalue weighted by atomic mass is 9.88. The summed E-state index contributed by atoms with van der Waals surface area (Å²) in [6.45, 7) is 4.95. The fraction of sp³-hybridized carbons (Fsp3) is 0.909. The van der Waals surface area contributed by atoms with E-state index in [1.807, 2.05) is 18.7 Å². The highest BCUT2D eigenvalue weighted by Crippen LogP contribution is 2.23. The molecule has 15 heavy (non-hydrogen) atoms. The first-order valence-corrected chi connectivity index (χ1v) is 6.99. The molecular formula is C11H20N2OS. The Balaban J connectivity index is 1.66. The summed E-state index contributed by atoms with van der Waals surface area (Å²) in [5.41, 5.74) is 0. The summed E-state index contributed by atoms with van der Waals surface area (Å²) in [7, 11) is 0. The van der Waals surface area contributed by atoms with Crippen LogP contribution in [0, 0.1) is 17.8 Å². The van der Waals surface area contributed by atoms with Gasteiger partial charge in [0.05, 0.1) is 0 Å². The Morgan fingerprint density at radius 3 is 2.93 bits per heavy atom. The molecule has 2 heterocycles. The molecule has 0 radical (unpaired) electrons. The molecule has 2 fully saturated rings. The van der Waals surface area contributed by atoms with Gasteiger partial charge < -0.3 is 10.6 Å². The van der Waals surface area contributed by atoms with Crippen molar-refractivity contribution in [2.75, 3.05) is 31.1 Å². The molecule has 0 aromatic rings. The highest BCUT2D eigenvalue weighted by atomic mass is 32.2. The minimum Gasteiger partial charge on any atom is -0.356 e. The highest BCUT2D eigenvalue weighted by molar-refractivity contribution is 7.99. The number of amides is 1. The Morgan fingerprint density at radius 2 is 2.40 bits per heavy atom. The lowest BCUT2D eigenvalue weighted by Crippen LogP contribution is -2.50. The molecule has 4 heteroatoms. The van der Waals surface area contributed by atoms with Crippen molar-refractivity contribution in [3.8, 4) is 0 Å². The molecule has 2 aliphatic heterocycles. The lowest BCUT2D eigenvalue weighted by Gasteiger charge is -2.31. The second-order valence-electron chi connectivity index (χ2n) is 4.68. The zero-order valence-electron chi connectivity index (χ0n) is 9.29. The van der Waals surface area contributed by atoms with E-state index < -0.39 is 0 Å². The Labute approximate surface area is 95.8 Å². The average molecular weight is 228 g/mol. The summed E-state index contributed by atoms with van der Waals surface area (Å²) < 4.78 is 0. The summed E-state index contributed by atoms with van der Waals surface area (Å²) in [5, 5.41) is 6.30. The molecule has 0 aromatic carbocycles. The molecule has 0 saturated carbocycles. The largest absolute Gasteiger partial charge is 0.356 e. The van der Waals surface area contributed by atoms with Crippen LogP contribution in [0.25, 0.3) is 0 Å². The van der Waals surface area contributed by atoms with Gasteiger partial charge in [0.1, 0.15) is 0 Å². The molecule has 2 aliphatic rings. The van der Waals surface area contributed by atoms with Crippen LogP contribution in [0.5, 0.6) is 0 Å². The molecule has 2 rings (SSSR count). The molecular weight excluding hydrogens is 208 g/mol. The molecule has 0 bridgehead atoms. The number of nitrogens with one attached hydrogen (secondary N) is 2. The fourth-order valence-corrected chi connectivity index (χ4v) is 3.31. The normalized spacial score (nSPS) is 28.5. The van der Waals surface area contributed by atoms with Crippen LogP contribution in [-0.2, 0) is 4.79 Å². The number of hydrogen-bond acceptors (Lipinski definition) is 3. The van der Waals surface area contributed by atoms with Gasteiger partial charge in [0, 0.05) is 12.5 Å². The van der Waals surface area contributed by atoms with Crippen molar-refractivity contribution in [2.24, 2.45) is 17.8 Å². The van der Waals surface area contributed by atoms with Gasteiger partial charge in [-0.3, -0.25) is 4.79 Å². The summed E-state index contributed by atoms with van der Waals surface area (Å²) in [5.74, 6) is 4.19. The maximum absolute atomic E-state index is 11.8. The number of carbonyl (C=O) groups excluding carboxylic acids is 1. The third-order valence-electron chi connectivity index (χ3n) is 3.52. The average Bonchev–Trinajstić information content (AvgIpc) is 2.63. The first-order chi connectivity index (χ1) is 7.27. The zero-order valence-corrected chi connectivity index (χ0v) is 10.1. The van der Waals surface area contributed by atoms with E-state index in [9.17, 15) is 4.79 Å². The lowest BCUT2D eigenvalue weighted by molar-refractivity contribution is -0.126. The van der Waals surface area contributed by atoms with Crippen LogP contribution in [0.1, 0.15) is 13.3 Å². The van der Waals surface area contributed by atoms with Crippen molar-refractivity contribution in [1.29, 1.82) is 0 Å². The third-order valence-corrected chi connectivity index (χ3v) is 4.75. The van der Waals surface area contributed by atoms with Gasteiger partial charge in [-0.25, -0.2) is 0 Å². The van der Waals surface area contributed by atoms with Crippen molar-refractivity contribution < 1.29 is 4.79 Å². The van der Waals surface area contributed by atoms with Gasteiger partial charge in [-0.2, -0.15) is 11.8 Å². The van der Waals surface area contributed by atoms with E-state index in [1.165, 1.54) is 17.9 Å². The van der Waals surface area contributed by atoms with Crippen LogP contribution in [0.15, 0.2) is 0 Å². The monoisotopic (exact) mass is 228 g/mol. The van der Waals surface area contributed by atoms with E-state index in [1.54, 1.807) is 0 Å². The van der Waals surface area contributed by atoms with Gasteiger partial charge >= 0.3 is 0 Å². The Kier molecular flexibility index (Phi) is 3.92. The standard InChI is InChI=1S/C11H20N2OS/c1-8(10-5-12-6-10)11(14)13-4-9-2-3-15-7-9/h8-10,12H,2-7H2,1H3,(H,13,14). The Morgan fingerprint density at radius 1 is 1.60 bits per heavy atom. The summed E-state index contributed by atoms with van der Waals surface area (Å²) in [6.07, 6.45) is 1.27.